The van der Waals surface area contributed by atoms with E-state index in [0.29, 0.717) is 5.69 Å². The van der Waals surface area contributed by atoms with Crippen LogP contribution in [0.5, 0.6) is 0 Å². The molecule has 0 atom stereocenters. The van der Waals surface area contributed by atoms with E-state index in [1.807, 2.05) is 19.9 Å². The summed E-state index contributed by atoms with van der Waals surface area (Å²) < 4.78 is 4.89. The van der Waals surface area contributed by atoms with Gasteiger partial charge in [-0.05, 0) is 44.0 Å². The third-order valence-electron chi connectivity index (χ3n) is 3.78. The van der Waals surface area contributed by atoms with Gasteiger partial charge in [0.15, 0.2) is 0 Å². The SMILES string of the molecule is CCOC(=O)c1cc([N+](=O)[O-])cc([N+](=O)[O-])c1Nc1ccc(C)c(C)c1. The number of nitrogens with zero attached hydrogens (tertiary/aromatic N) is 2. The van der Waals surface area contributed by atoms with E-state index in [4.69, 9.17) is 4.74 Å². The van der Waals surface area contributed by atoms with Crippen molar-refractivity contribution in [2.45, 2.75) is 20.8 Å². The van der Waals surface area contributed by atoms with Gasteiger partial charge in [-0.25, -0.2) is 4.79 Å². The molecule has 0 aromatic heterocycles. The molecule has 0 saturated heterocycles. The number of nitrogens with one attached hydrogen (secondary N) is 1. The minimum atomic E-state index is -0.884. The zero-order valence-corrected chi connectivity index (χ0v) is 14.4. The Hall–Kier alpha value is -3.49. The summed E-state index contributed by atoms with van der Waals surface area (Å²) in [4.78, 5) is 33.1. The maximum atomic E-state index is 12.2. The van der Waals surface area contributed by atoms with Gasteiger partial charge >= 0.3 is 5.97 Å². The van der Waals surface area contributed by atoms with Crippen LogP contribution in [-0.4, -0.2) is 22.4 Å². The van der Waals surface area contributed by atoms with Crippen molar-refractivity contribution in [2.24, 2.45) is 0 Å². The lowest BCUT2D eigenvalue weighted by atomic mass is 10.1. The second-order valence-electron chi connectivity index (χ2n) is 5.55. The summed E-state index contributed by atoms with van der Waals surface area (Å²) in [7, 11) is 0. The summed E-state index contributed by atoms with van der Waals surface area (Å²) in [6, 6.07) is 7.05. The first-order valence-corrected chi connectivity index (χ1v) is 7.72. The van der Waals surface area contributed by atoms with Crippen LogP contribution < -0.4 is 5.32 Å². The zero-order chi connectivity index (χ0) is 19.4. The van der Waals surface area contributed by atoms with Crippen LogP contribution in [0.1, 0.15) is 28.4 Å². The molecular formula is C17H17N3O6. The van der Waals surface area contributed by atoms with Crippen LogP contribution in [0.15, 0.2) is 30.3 Å². The predicted molar refractivity (Wildman–Crippen MR) is 94.9 cm³/mol. The Labute approximate surface area is 148 Å². The van der Waals surface area contributed by atoms with E-state index in [1.54, 1.807) is 19.1 Å². The lowest BCUT2D eigenvalue weighted by Gasteiger charge is -2.13. The first kappa shape index (κ1) is 18.8. The number of rotatable bonds is 6. The van der Waals surface area contributed by atoms with E-state index >= 15 is 0 Å². The smallest absolute Gasteiger partial charge is 0.340 e. The highest BCUT2D eigenvalue weighted by Gasteiger charge is 2.28. The lowest BCUT2D eigenvalue weighted by molar-refractivity contribution is -0.393. The molecule has 1 N–H and O–H groups in total. The molecule has 2 aromatic carbocycles. The van der Waals surface area contributed by atoms with Gasteiger partial charge in [0.25, 0.3) is 11.4 Å². The number of hydrogen-bond donors (Lipinski definition) is 1. The Morgan fingerprint density at radius 3 is 2.31 bits per heavy atom. The molecule has 0 heterocycles. The predicted octanol–water partition coefficient (Wildman–Crippen LogP) is 4.04. The number of nitro groups is 2. The van der Waals surface area contributed by atoms with Gasteiger partial charge in [-0.1, -0.05) is 6.07 Å². The van der Waals surface area contributed by atoms with E-state index in [0.717, 1.165) is 23.3 Å². The summed E-state index contributed by atoms with van der Waals surface area (Å²) in [5, 5.41) is 25.3. The van der Waals surface area contributed by atoms with Crippen molar-refractivity contribution in [3.63, 3.8) is 0 Å². The molecule has 0 spiro atoms. The second kappa shape index (κ2) is 7.60. The number of aryl methyl sites for hydroxylation is 2. The van der Waals surface area contributed by atoms with Gasteiger partial charge in [0, 0.05) is 11.8 Å². The largest absolute Gasteiger partial charge is 0.462 e. The lowest BCUT2D eigenvalue weighted by Crippen LogP contribution is -2.11. The van der Waals surface area contributed by atoms with Crippen molar-refractivity contribution in [1.82, 2.24) is 0 Å². The van der Waals surface area contributed by atoms with Crippen LogP contribution >= 0.6 is 0 Å². The molecule has 0 unspecified atom stereocenters. The number of hydrogen-bond acceptors (Lipinski definition) is 7. The Morgan fingerprint density at radius 1 is 1.08 bits per heavy atom. The van der Waals surface area contributed by atoms with Gasteiger partial charge < -0.3 is 10.1 Å². The fourth-order valence-corrected chi connectivity index (χ4v) is 2.33. The molecule has 0 aliphatic rings. The topological polar surface area (TPSA) is 125 Å². The maximum absolute atomic E-state index is 12.2. The molecule has 9 nitrogen and oxygen atoms in total. The molecule has 0 amide bonds. The highest BCUT2D eigenvalue weighted by atomic mass is 16.6. The minimum absolute atomic E-state index is 0.0262. The first-order chi connectivity index (χ1) is 12.2. The van der Waals surface area contributed by atoms with E-state index < -0.39 is 27.2 Å². The van der Waals surface area contributed by atoms with E-state index in [9.17, 15) is 25.0 Å². The molecule has 0 saturated carbocycles. The molecule has 2 rings (SSSR count). The molecule has 9 heteroatoms. The summed E-state index contributed by atoms with van der Waals surface area (Å²) >= 11 is 0. The number of nitro benzene ring substituents is 2. The van der Waals surface area contributed by atoms with Gasteiger partial charge in [0.1, 0.15) is 5.69 Å². The molecule has 0 fully saturated rings. The number of carbonyl (C=O) groups excluding carboxylic acids is 1. The fourth-order valence-electron chi connectivity index (χ4n) is 2.33. The van der Waals surface area contributed by atoms with Crippen LogP contribution in [0.3, 0.4) is 0 Å². The second-order valence-corrected chi connectivity index (χ2v) is 5.55. The average Bonchev–Trinajstić information content (AvgIpc) is 2.58. The summed E-state index contributed by atoms with van der Waals surface area (Å²) in [6.45, 7) is 5.38. The van der Waals surface area contributed by atoms with Gasteiger partial charge in [-0.2, -0.15) is 0 Å². The highest BCUT2D eigenvalue weighted by molar-refractivity contribution is 6.00. The van der Waals surface area contributed by atoms with Crippen LogP contribution in [-0.2, 0) is 4.74 Å². The standard InChI is InChI=1S/C17H17N3O6/c1-4-26-17(21)14-8-13(19(22)23)9-15(20(24)25)16(14)18-12-6-5-10(2)11(3)7-12/h5-9,18H,4H2,1-3H3. The number of ether oxygens (including phenoxy) is 1. The fraction of sp³-hybridized carbons (Fsp3) is 0.235. The van der Waals surface area contributed by atoms with E-state index in [-0.39, 0.29) is 17.9 Å². The molecule has 0 aliphatic heterocycles. The third-order valence-corrected chi connectivity index (χ3v) is 3.78. The zero-order valence-electron chi connectivity index (χ0n) is 14.4. The third kappa shape index (κ3) is 3.94. The quantitative estimate of drug-likeness (QED) is 0.469. The van der Waals surface area contributed by atoms with Crippen LogP contribution in [0.4, 0.5) is 22.7 Å². The number of benzene rings is 2. The van der Waals surface area contributed by atoms with Crippen molar-refractivity contribution in [3.05, 3.63) is 67.3 Å². The van der Waals surface area contributed by atoms with Gasteiger partial charge in [0.05, 0.1) is 28.1 Å². The highest BCUT2D eigenvalue weighted by Crippen LogP contribution is 2.36. The Kier molecular flexibility index (Phi) is 5.51. The van der Waals surface area contributed by atoms with Gasteiger partial charge in [0.2, 0.25) is 0 Å². The number of non-ortho nitro benzene ring substituents is 1. The normalized spacial score (nSPS) is 10.3. The minimum Gasteiger partial charge on any atom is -0.462 e. The Bertz CT molecular complexity index is 894. The maximum Gasteiger partial charge on any atom is 0.340 e. The number of esters is 1. The molecule has 2 aromatic rings. The summed E-state index contributed by atoms with van der Waals surface area (Å²) in [6.07, 6.45) is 0. The molecule has 0 radical (unpaired) electrons. The summed E-state index contributed by atoms with van der Waals surface area (Å²) in [5.41, 5.74) is 0.909. The van der Waals surface area contributed by atoms with Crippen molar-refractivity contribution in [2.75, 3.05) is 11.9 Å². The summed E-state index contributed by atoms with van der Waals surface area (Å²) in [5.74, 6) is -0.884. The monoisotopic (exact) mass is 359 g/mol. The van der Waals surface area contributed by atoms with Crippen molar-refractivity contribution >= 4 is 28.7 Å². The molecular weight excluding hydrogens is 342 g/mol. The Balaban J connectivity index is 2.66. The molecule has 0 aliphatic carbocycles. The van der Waals surface area contributed by atoms with Crippen LogP contribution in [0.2, 0.25) is 0 Å². The van der Waals surface area contributed by atoms with Crippen molar-refractivity contribution < 1.29 is 19.4 Å². The molecule has 136 valence electrons. The van der Waals surface area contributed by atoms with Gasteiger partial charge in [-0.15, -0.1) is 0 Å². The Morgan fingerprint density at radius 2 is 1.77 bits per heavy atom. The van der Waals surface area contributed by atoms with Crippen molar-refractivity contribution in [3.8, 4) is 0 Å². The van der Waals surface area contributed by atoms with E-state index in [1.165, 1.54) is 0 Å². The molecule has 26 heavy (non-hydrogen) atoms. The number of anilines is 2. The first-order valence-electron chi connectivity index (χ1n) is 7.72. The molecule has 0 bridgehead atoms. The number of carbonyl (C=O) groups is 1. The van der Waals surface area contributed by atoms with Gasteiger partial charge in [-0.3, -0.25) is 20.2 Å². The van der Waals surface area contributed by atoms with Crippen LogP contribution in [0, 0.1) is 34.1 Å². The average molecular weight is 359 g/mol. The van der Waals surface area contributed by atoms with E-state index in [2.05, 4.69) is 5.32 Å². The van der Waals surface area contributed by atoms with Crippen molar-refractivity contribution in [1.29, 1.82) is 0 Å². The van der Waals surface area contributed by atoms with Crippen LogP contribution in [0.25, 0.3) is 0 Å².